The van der Waals surface area contributed by atoms with Gasteiger partial charge >= 0.3 is 17.6 Å². The van der Waals surface area contributed by atoms with Gasteiger partial charge in [0, 0.05) is 6.07 Å². The molecule has 3 rings (SSSR count). The number of carbonyl (C=O) groups is 2. The molecule has 0 fully saturated rings. The summed E-state index contributed by atoms with van der Waals surface area (Å²) in [7, 11) is 2.54. The van der Waals surface area contributed by atoms with E-state index in [0.717, 1.165) is 0 Å². The molecule has 7 nitrogen and oxygen atoms in total. The summed E-state index contributed by atoms with van der Waals surface area (Å²) < 4.78 is 20.3. The molecule has 1 aliphatic rings. The van der Waals surface area contributed by atoms with Gasteiger partial charge in [-0.15, -0.1) is 0 Å². The first-order valence-corrected chi connectivity index (χ1v) is 7.53. The van der Waals surface area contributed by atoms with E-state index < -0.39 is 29.6 Å². The van der Waals surface area contributed by atoms with E-state index in [2.05, 4.69) is 4.74 Å². The SMILES string of the molecule is COC(=O)c1ccc([C@@H]2c3c(cc(C)oc3=O)O[C@@H]2C(=O)OC)cc1. The Bertz CT molecular complexity index is 879. The van der Waals surface area contributed by atoms with E-state index >= 15 is 0 Å². The van der Waals surface area contributed by atoms with Gasteiger partial charge in [-0.25, -0.2) is 14.4 Å². The molecule has 0 N–H and O–H groups in total. The van der Waals surface area contributed by atoms with Crippen LogP contribution in [0.5, 0.6) is 5.75 Å². The van der Waals surface area contributed by atoms with Crippen molar-refractivity contribution in [1.82, 2.24) is 0 Å². The van der Waals surface area contributed by atoms with Crippen molar-refractivity contribution in [3.05, 3.63) is 63.2 Å². The summed E-state index contributed by atoms with van der Waals surface area (Å²) in [4.78, 5) is 36.0. The zero-order chi connectivity index (χ0) is 18.1. The molecule has 2 atom stereocenters. The Morgan fingerprint density at radius 1 is 1.08 bits per heavy atom. The fraction of sp³-hybridized carbons (Fsp3) is 0.278. The minimum absolute atomic E-state index is 0.256. The van der Waals surface area contributed by atoms with Gasteiger partial charge in [0.05, 0.1) is 31.3 Å². The monoisotopic (exact) mass is 344 g/mol. The average Bonchev–Trinajstić information content (AvgIpc) is 3.00. The van der Waals surface area contributed by atoms with Crippen molar-refractivity contribution in [3.8, 4) is 5.75 Å². The van der Waals surface area contributed by atoms with Gasteiger partial charge in [0.25, 0.3) is 0 Å². The number of rotatable bonds is 3. The molecule has 7 heteroatoms. The second kappa shape index (κ2) is 6.43. The van der Waals surface area contributed by atoms with E-state index in [1.165, 1.54) is 14.2 Å². The Morgan fingerprint density at radius 2 is 1.76 bits per heavy atom. The van der Waals surface area contributed by atoms with Crippen LogP contribution < -0.4 is 10.4 Å². The molecule has 130 valence electrons. The molecular formula is C18H16O7. The van der Waals surface area contributed by atoms with Crippen LogP contribution in [-0.2, 0) is 14.3 Å². The lowest BCUT2D eigenvalue weighted by atomic mass is 9.88. The number of carbonyl (C=O) groups excluding carboxylic acids is 2. The smallest absolute Gasteiger partial charge is 0.348 e. The van der Waals surface area contributed by atoms with E-state index in [-0.39, 0.29) is 5.56 Å². The number of hydrogen-bond donors (Lipinski definition) is 0. The van der Waals surface area contributed by atoms with E-state index in [1.807, 2.05) is 0 Å². The molecule has 0 saturated carbocycles. The highest BCUT2D eigenvalue weighted by molar-refractivity contribution is 5.89. The normalized spacial score (nSPS) is 18.2. The first kappa shape index (κ1) is 16.8. The quantitative estimate of drug-likeness (QED) is 0.784. The van der Waals surface area contributed by atoms with Crippen LogP contribution in [0.1, 0.15) is 33.2 Å². The number of hydrogen-bond acceptors (Lipinski definition) is 7. The molecule has 0 aliphatic carbocycles. The van der Waals surface area contributed by atoms with Crippen molar-refractivity contribution in [3.63, 3.8) is 0 Å². The van der Waals surface area contributed by atoms with Gasteiger partial charge in [0.15, 0.2) is 0 Å². The van der Waals surface area contributed by atoms with Crippen LogP contribution in [0.2, 0.25) is 0 Å². The van der Waals surface area contributed by atoms with Crippen molar-refractivity contribution in [2.75, 3.05) is 14.2 Å². The van der Waals surface area contributed by atoms with Crippen LogP contribution in [0.4, 0.5) is 0 Å². The Kier molecular flexibility index (Phi) is 4.31. The van der Waals surface area contributed by atoms with Crippen molar-refractivity contribution in [1.29, 1.82) is 0 Å². The molecule has 2 heterocycles. The second-order valence-electron chi connectivity index (χ2n) is 5.58. The van der Waals surface area contributed by atoms with Crippen molar-refractivity contribution >= 4 is 11.9 Å². The third kappa shape index (κ3) is 2.88. The zero-order valence-corrected chi connectivity index (χ0v) is 13.9. The van der Waals surface area contributed by atoms with Crippen LogP contribution in [0.3, 0.4) is 0 Å². The maximum Gasteiger partial charge on any atom is 0.348 e. The van der Waals surface area contributed by atoms with Crippen LogP contribution >= 0.6 is 0 Å². The summed E-state index contributed by atoms with van der Waals surface area (Å²) in [5, 5.41) is 0. The fourth-order valence-corrected chi connectivity index (χ4v) is 2.91. The third-order valence-electron chi connectivity index (χ3n) is 4.07. The number of ether oxygens (including phenoxy) is 3. The summed E-state index contributed by atoms with van der Waals surface area (Å²) in [6, 6.07) is 7.97. The molecule has 1 aromatic heterocycles. The van der Waals surface area contributed by atoms with Gasteiger partial charge in [-0.05, 0) is 24.6 Å². The molecule has 1 aliphatic heterocycles. The lowest BCUT2D eigenvalue weighted by Gasteiger charge is -2.17. The second-order valence-corrected chi connectivity index (χ2v) is 5.58. The van der Waals surface area contributed by atoms with Gasteiger partial charge in [-0.2, -0.15) is 0 Å². The third-order valence-corrected chi connectivity index (χ3v) is 4.07. The highest BCUT2D eigenvalue weighted by atomic mass is 16.6. The molecule has 0 saturated heterocycles. The largest absolute Gasteiger partial charge is 0.477 e. The predicted molar refractivity (Wildman–Crippen MR) is 85.8 cm³/mol. The zero-order valence-electron chi connectivity index (χ0n) is 13.9. The number of benzene rings is 1. The van der Waals surface area contributed by atoms with Gasteiger partial charge in [-0.3, -0.25) is 0 Å². The molecule has 0 spiro atoms. The van der Waals surface area contributed by atoms with Crippen LogP contribution in [0.15, 0.2) is 39.5 Å². The van der Waals surface area contributed by atoms with E-state index in [9.17, 15) is 14.4 Å². The molecule has 0 amide bonds. The van der Waals surface area contributed by atoms with Crippen LogP contribution in [0, 0.1) is 6.92 Å². The summed E-state index contributed by atoms with van der Waals surface area (Å²) in [5.41, 5.74) is 0.671. The van der Waals surface area contributed by atoms with Crippen molar-refractivity contribution < 1.29 is 28.2 Å². The molecule has 0 radical (unpaired) electrons. The lowest BCUT2D eigenvalue weighted by Crippen LogP contribution is -2.31. The Morgan fingerprint density at radius 3 is 2.36 bits per heavy atom. The number of esters is 2. The average molecular weight is 344 g/mol. The summed E-state index contributed by atoms with van der Waals surface area (Å²) in [6.45, 7) is 1.62. The fourth-order valence-electron chi connectivity index (χ4n) is 2.91. The summed E-state index contributed by atoms with van der Waals surface area (Å²) in [5.74, 6) is -1.09. The van der Waals surface area contributed by atoms with Crippen LogP contribution in [0.25, 0.3) is 0 Å². The maximum absolute atomic E-state index is 12.3. The first-order valence-electron chi connectivity index (χ1n) is 7.53. The topological polar surface area (TPSA) is 92.0 Å². The summed E-state index contributed by atoms with van der Waals surface area (Å²) in [6.07, 6.45) is -1.01. The Hall–Kier alpha value is -3.09. The highest BCUT2D eigenvalue weighted by Crippen LogP contribution is 2.41. The van der Waals surface area contributed by atoms with Gasteiger partial charge in [0.1, 0.15) is 11.5 Å². The highest BCUT2D eigenvalue weighted by Gasteiger charge is 2.44. The van der Waals surface area contributed by atoms with E-state index in [4.69, 9.17) is 13.9 Å². The Labute approximate surface area is 143 Å². The van der Waals surface area contributed by atoms with Gasteiger partial charge < -0.3 is 18.6 Å². The molecule has 2 aromatic rings. The molecule has 0 bridgehead atoms. The van der Waals surface area contributed by atoms with Crippen LogP contribution in [-0.4, -0.2) is 32.3 Å². The number of fused-ring (bicyclic) bond motifs is 1. The van der Waals surface area contributed by atoms with Gasteiger partial charge in [0.2, 0.25) is 6.10 Å². The minimum Gasteiger partial charge on any atom is -0.477 e. The van der Waals surface area contributed by atoms with E-state index in [1.54, 1.807) is 37.3 Å². The van der Waals surface area contributed by atoms with E-state index in [0.29, 0.717) is 22.6 Å². The predicted octanol–water partition coefficient (Wildman–Crippen LogP) is 1.80. The van der Waals surface area contributed by atoms with Crippen molar-refractivity contribution in [2.24, 2.45) is 0 Å². The van der Waals surface area contributed by atoms with Gasteiger partial charge in [-0.1, -0.05) is 12.1 Å². The molecule has 25 heavy (non-hydrogen) atoms. The standard InChI is InChI=1S/C18H16O7/c1-9-8-12-14(17(20)24-9)13(15(25-12)18(21)23-3)10-4-6-11(7-5-10)16(19)22-2/h4-8,13,15H,1-3H3/t13-,15+/m1/s1. The first-order chi connectivity index (χ1) is 12.0. The van der Waals surface area contributed by atoms with Crippen molar-refractivity contribution in [2.45, 2.75) is 18.9 Å². The number of methoxy groups -OCH3 is 2. The summed E-state index contributed by atoms with van der Waals surface area (Å²) >= 11 is 0. The molecule has 0 unspecified atom stereocenters. The Balaban J connectivity index is 2.10. The number of aryl methyl sites for hydroxylation is 1. The lowest BCUT2D eigenvalue weighted by molar-refractivity contribution is -0.148. The minimum atomic E-state index is -1.01. The molecule has 1 aromatic carbocycles. The molecular weight excluding hydrogens is 328 g/mol. The maximum atomic E-state index is 12.3.